The van der Waals surface area contributed by atoms with Crippen LogP contribution in [0.5, 0.6) is 0 Å². The first kappa shape index (κ1) is 16.7. The molecule has 0 bridgehead atoms. The SMILES string of the molecule is C=CCCCCCC(C)C(C)CNC(C)(C)C. The van der Waals surface area contributed by atoms with Crippen molar-refractivity contribution in [1.82, 2.24) is 5.32 Å². The third-order valence-electron chi connectivity index (χ3n) is 3.49. The Morgan fingerprint density at radius 2 is 1.71 bits per heavy atom. The fraction of sp³-hybridized carbons (Fsp3) is 0.875. The van der Waals surface area contributed by atoms with Crippen molar-refractivity contribution in [3.63, 3.8) is 0 Å². The molecule has 0 aromatic carbocycles. The fourth-order valence-electron chi connectivity index (χ4n) is 1.88. The van der Waals surface area contributed by atoms with Gasteiger partial charge in [-0.15, -0.1) is 6.58 Å². The summed E-state index contributed by atoms with van der Waals surface area (Å²) in [6.45, 7) is 16.4. The van der Waals surface area contributed by atoms with Gasteiger partial charge in [0.15, 0.2) is 0 Å². The van der Waals surface area contributed by atoms with Crippen molar-refractivity contribution in [3.8, 4) is 0 Å². The minimum absolute atomic E-state index is 0.248. The minimum Gasteiger partial charge on any atom is -0.312 e. The van der Waals surface area contributed by atoms with Gasteiger partial charge >= 0.3 is 0 Å². The van der Waals surface area contributed by atoms with E-state index in [1.165, 1.54) is 32.1 Å². The second-order valence-corrected chi connectivity index (χ2v) is 6.51. The molecule has 102 valence electrons. The van der Waals surface area contributed by atoms with Crippen molar-refractivity contribution < 1.29 is 0 Å². The van der Waals surface area contributed by atoms with E-state index in [0.29, 0.717) is 0 Å². The predicted molar refractivity (Wildman–Crippen MR) is 79.4 cm³/mol. The van der Waals surface area contributed by atoms with E-state index >= 15 is 0 Å². The van der Waals surface area contributed by atoms with Gasteiger partial charge in [0.2, 0.25) is 0 Å². The van der Waals surface area contributed by atoms with Crippen LogP contribution in [0, 0.1) is 11.8 Å². The number of hydrogen-bond donors (Lipinski definition) is 1. The zero-order valence-electron chi connectivity index (χ0n) is 12.7. The molecule has 0 radical (unpaired) electrons. The van der Waals surface area contributed by atoms with Crippen LogP contribution in [0.1, 0.15) is 66.7 Å². The van der Waals surface area contributed by atoms with Crippen LogP contribution in [0.4, 0.5) is 0 Å². The van der Waals surface area contributed by atoms with Crippen molar-refractivity contribution >= 4 is 0 Å². The van der Waals surface area contributed by atoms with E-state index in [4.69, 9.17) is 0 Å². The lowest BCUT2D eigenvalue weighted by Crippen LogP contribution is -2.39. The largest absolute Gasteiger partial charge is 0.312 e. The molecule has 0 fully saturated rings. The molecule has 0 aliphatic heterocycles. The third-order valence-corrected chi connectivity index (χ3v) is 3.49. The molecular weight excluding hydrogens is 206 g/mol. The Kier molecular flexibility index (Phi) is 8.59. The normalized spacial score (nSPS) is 15.6. The van der Waals surface area contributed by atoms with Gasteiger partial charge in [-0.2, -0.15) is 0 Å². The first-order chi connectivity index (χ1) is 7.87. The van der Waals surface area contributed by atoms with Crippen LogP contribution in [0.25, 0.3) is 0 Å². The quantitative estimate of drug-likeness (QED) is 0.451. The van der Waals surface area contributed by atoms with E-state index in [2.05, 4.69) is 46.5 Å². The second-order valence-electron chi connectivity index (χ2n) is 6.51. The van der Waals surface area contributed by atoms with Gasteiger partial charge in [0.1, 0.15) is 0 Å². The van der Waals surface area contributed by atoms with Crippen molar-refractivity contribution in [3.05, 3.63) is 12.7 Å². The third kappa shape index (κ3) is 10.6. The molecule has 1 nitrogen and oxygen atoms in total. The number of hydrogen-bond acceptors (Lipinski definition) is 1. The molecule has 1 heteroatoms. The van der Waals surface area contributed by atoms with Gasteiger partial charge in [-0.25, -0.2) is 0 Å². The molecule has 2 atom stereocenters. The van der Waals surface area contributed by atoms with Gasteiger partial charge in [0.25, 0.3) is 0 Å². The topological polar surface area (TPSA) is 12.0 Å². The lowest BCUT2D eigenvalue weighted by atomic mass is 9.90. The molecule has 0 aromatic heterocycles. The lowest BCUT2D eigenvalue weighted by Gasteiger charge is -2.26. The molecule has 0 saturated carbocycles. The maximum absolute atomic E-state index is 3.76. The van der Waals surface area contributed by atoms with Gasteiger partial charge in [-0.1, -0.05) is 39.2 Å². The van der Waals surface area contributed by atoms with Gasteiger partial charge < -0.3 is 5.32 Å². The number of unbranched alkanes of at least 4 members (excludes halogenated alkanes) is 3. The molecule has 0 saturated heterocycles. The first-order valence-corrected chi connectivity index (χ1v) is 7.22. The van der Waals surface area contributed by atoms with Crippen LogP contribution in [0.15, 0.2) is 12.7 Å². The summed E-state index contributed by atoms with van der Waals surface area (Å²) in [5.74, 6) is 1.60. The Bertz CT molecular complexity index is 190. The van der Waals surface area contributed by atoms with E-state index in [0.717, 1.165) is 18.4 Å². The van der Waals surface area contributed by atoms with E-state index in [1.807, 2.05) is 6.08 Å². The lowest BCUT2D eigenvalue weighted by molar-refractivity contribution is 0.301. The highest BCUT2D eigenvalue weighted by molar-refractivity contribution is 4.74. The van der Waals surface area contributed by atoms with Gasteiger partial charge in [-0.3, -0.25) is 0 Å². The molecule has 0 aromatic rings. The Morgan fingerprint density at radius 3 is 2.24 bits per heavy atom. The molecule has 0 heterocycles. The molecular formula is C16H33N. The molecule has 0 rings (SSSR count). The molecule has 1 N–H and O–H groups in total. The van der Waals surface area contributed by atoms with Crippen LogP contribution in [0.3, 0.4) is 0 Å². The molecule has 17 heavy (non-hydrogen) atoms. The molecule has 0 aliphatic rings. The van der Waals surface area contributed by atoms with Gasteiger partial charge in [-0.05, 0) is 52.0 Å². The van der Waals surface area contributed by atoms with E-state index in [9.17, 15) is 0 Å². The standard InChI is InChI=1S/C16H33N/c1-7-8-9-10-11-12-14(2)15(3)13-17-16(4,5)6/h7,14-15,17H,1,8-13H2,2-6H3. The molecule has 0 aliphatic carbocycles. The molecule has 0 amide bonds. The predicted octanol–water partition coefficient (Wildman–Crippen LogP) is 4.78. The summed E-state index contributed by atoms with van der Waals surface area (Å²) in [6.07, 6.45) is 8.61. The van der Waals surface area contributed by atoms with Crippen LogP contribution in [-0.2, 0) is 0 Å². The highest BCUT2D eigenvalue weighted by Crippen LogP contribution is 2.19. The average molecular weight is 239 g/mol. The highest BCUT2D eigenvalue weighted by atomic mass is 14.9. The first-order valence-electron chi connectivity index (χ1n) is 7.22. The number of rotatable bonds is 9. The smallest absolute Gasteiger partial charge is 0.00966 e. The Balaban J connectivity index is 3.60. The number of allylic oxidation sites excluding steroid dienone is 1. The van der Waals surface area contributed by atoms with Crippen molar-refractivity contribution in [2.24, 2.45) is 11.8 Å². The van der Waals surface area contributed by atoms with Gasteiger partial charge in [0, 0.05) is 5.54 Å². The fourth-order valence-corrected chi connectivity index (χ4v) is 1.88. The Labute approximate surface area is 109 Å². The molecule has 2 unspecified atom stereocenters. The van der Waals surface area contributed by atoms with Crippen molar-refractivity contribution in [2.45, 2.75) is 72.3 Å². The second kappa shape index (κ2) is 8.74. The summed E-state index contributed by atoms with van der Waals surface area (Å²) in [6, 6.07) is 0. The molecule has 0 spiro atoms. The van der Waals surface area contributed by atoms with Crippen LogP contribution in [0.2, 0.25) is 0 Å². The minimum atomic E-state index is 0.248. The summed E-state index contributed by atoms with van der Waals surface area (Å²) in [7, 11) is 0. The van der Waals surface area contributed by atoms with Crippen molar-refractivity contribution in [1.29, 1.82) is 0 Å². The summed E-state index contributed by atoms with van der Waals surface area (Å²) in [4.78, 5) is 0. The maximum atomic E-state index is 3.76. The monoisotopic (exact) mass is 239 g/mol. The van der Waals surface area contributed by atoms with E-state index in [-0.39, 0.29) is 5.54 Å². The number of nitrogens with one attached hydrogen (secondary N) is 1. The summed E-state index contributed by atoms with van der Waals surface area (Å²) in [5.41, 5.74) is 0.248. The van der Waals surface area contributed by atoms with Crippen LogP contribution in [-0.4, -0.2) is 12.1 Å². The van der Waals surface area contributed by atoms with Crippen molar-refractivity contribution in [2.75, 3.05) is 6.54 Å². The Hall–Kier alpha value is -0.300. The van der Waals surface area contributed by atoms with E-state index in [1.54, 1.807) is 0 Å². The zero-order chi connectivity index (χ0) is 13.3. The zero-order valence-corrected chi connectivity index (χ0v) is 12.7. The summed E-state index contributed by atoms with van der Waals surface area (Å²) in [5, 5.41) is 3.60. The van der Waals surface area contributed by atoms with Crippen LogP contribution >= 0.6 is 0 Å². The van der Waals surface area contributed by atoms with Crippen LogP contribution < -0.4 is 5.32 Å². The van der Waals surface area contributed by atoms with Gasteiger partial charge in [0.05, 0.1) is 0 Å². The van der Waals surface area contributed by atoms with E-state index < -0.39 is 0 Å². The Morgan fingerprint density at radius 1 is 1.06 bits per heavy atom. The average Bonchev–Trinajstić information content (AvgIpc) is 2.24. The maximum Gasteiger partial charge on any atom is 0.00966 e. The summed E-state index contributed by atoms with van der Waals surface area (Å²) >= 11 is 0. The summed E-state index contributed by atoms with van der Waals surface area (Å²) < 4.78 is 0. The highest BCUT2D eigenvalue weighted by Gasteiger charge is 2.15.